The van der Waals surface area contributed by atoms with E-state index in [4.69, 9.17) is 13.1 Å². The van der Waals surface area contributed by atoms with Crippen molar-refractivity contribution in [3.05, 3.63) is 105 Å². The molecule has 24 heavy (non-hydrogen) atoms. The summed E-state index contributed by atoms with van der Waals surface area (Å²) in [4.78, 5) is 7.52. The van der Waals surface area contributed by atoms with E-state index in [0.29, 0.717) is 0 Å². The van der Waals surface area contributed by atoms with Crippen LogP contribution < -0.4 is 0 Å². The standard InChI is InChI=1S/C22H18N2/c1-23-21-11-5-7-17(15-21)13-19-9-3-4-10-20(19)14-18-8-6-12-22(16-18)24-2/h1-12,15-16H,13-14H2/q+2. The minimum atomic E-state index is 0.794. The molecule has 2 heteroatoms. The first kappa shape index (κ1) is 15.5. The van der Waals surface area contributed by atoms with E-state index < -0.39 is 0 Å². The van der Waals surface area contributed by atoms with Crippen molar-refractivity contribution in [2.24, 2.45) is 0 Å². The summed E-state index contributed by atoms with van der Waals surface area (Å²) in [5, 5.41) is 0. The molecular formula is C22H18N2+2. The highest BCUT2D eigenvalue weighted by Crippen LogP contribution is 2.22. The minimum absolute atomic E-state index is 0.794. The molecule has 3 rings (SSSR count). The summed E-state index contributed by atoms with van der Waals surface area (Å²) in [6.07, 6.45) is 1.70. The SMILES string of the molecule is C#[N+]c1cccc(Cc2ccccc2Cc2cccc([N+]#C)c2)c1. The zero-order chi connectivity index (χ0) is 16.8. The maximum atomic E-state index is 5.38. The van der Waals surface area contributed by atoms with Gasteiger partial charge in [0.15, 0.2) is 0 Å². The normalized spacial score (nSPS) is 9.92. The van der Waals surface area contributed by atoms with Crippen LogP contribution in [-0.4, -0.2) is 0 Å². The van der Waals surface area contributed by atoms with Crippen LogP contribution >= 0.6 is 0 Å². The monoisotopic (exact) mass is 310 g/mol. The zero-order valence-electron chi connectivity index (χ0n) is 13.4. The summed E-state index contributed by atoms with van der Waals surface area (Å²) in [6.45, 7) is 10.8. The molecule has 3 aromatic rings. The van der Waals surface area contributed by atoms with Crippen LogP contribution in [0.25, 0.3) is 9.69 Å². The largest absolute Gasteiger partial charge is 0.340 e. The van der Waals surface area contributed by atoms with Crippen molar-refractivity contribution in [2.75, 3.05) is 0 Å². The molecular weight excluding hydrogens is 292 g/mol. The second-order valence-electron chi connectivity index (χ2n) is 5.72. The van der Waals surface area contributed by atoms with Crippen molar-refractivity contribution in [3.8, 4) is 13.1 Å². The molecule has 0 aliphatic rings. The van der Waals surface area contributed by atoms with Gasteiger partial charge in [-0.25, -0.2) is 0 Å². The topological polar surface area (TPSA) is 8.72 Å². The first-order chi connectivity index (χ1) is 11.8. The van der Waals surface area contributed by atoms with Crippen LogP contribution in [0.2, 0.25) is 0 Å². The summed E-state index contributed by atoms with van der Waals surface area (Å²) in [6, 6.07) is 24.5. The molecule has 0 bridgehead atoms. The third-order valence-electron chi connectivity index (χ3n) is 4.03. The van der Waals surface area contributed by atoms with Gasteiger partial charge in [0.2, 0.25) is 0 Å². The molecule has 0 spiro atoms. The fourth-order valence-corrected chi connectivity index (χ4v) is 2.84. The second kappa shape index (κ2) is 7.27. The summed E-state index contributed by atoms with van der Waals surface area (Å²) < 4.78 is 0. The zero-order valence-corrected chi connectivity index (χ0v) is 13.4. The van der Waals surface area contributed by atoms with Crippen molar-refractivity contribution in [3.63, 3.8) is 0 Å². The van der Waals surface area contributed by atoms with Crippen LogP contribution in [0.3, 0.4) is 0 Å². The lowest BCUT2D eigenvalue weighted by molar-refractivity contribution is 1.09. The summed E-state index contributed by atoms with van der Waals surface area (Å²) in [7, 11) is 0. The average molecular weight is 310 g/mol. The van der Waals surface area contributed by atoms with E-state index in [1.165, 1.54) is 22.3 Å². The minimum Gasteiger partial charge on any atom is -0.0620 e. The Bertz CT molecular complexity index is 864. The molecule has 0 aliphatic carbocycles. The molecule has 0 atom stereocenters. The molecule has 0 saturated heterocycles. The van der Waals surface area contributed by atoms with Gasteiger partial charge >= 0.3 is 11.4 Å². The van der Waals surface area contributed by atoms with Crippen LogP contribution in [0.4, 0.5) is 11.4 Å². The molecule has 3 aromatic carbocycles. The lowest BCUT2D eigenvalue weighted by Gasteiger charge is -2.09. The number of benzene rings is 3. The van der Waals surface area contributed by atoms with Gasteiger partial charge in [-0.05, 0) is 44.8 Å². The van der Waals surface area contributed by atoms with Crippen molar-refractivity contribution in [1.82, 2.24) is 0 Å². The van der Waals surface area contributed by atoms with Gasteiger partial charge < -0.3 is 0 Å². The molecule has 0 amide bonds. The van der Waals surface area contributed by atoms with Crippen molar-refractivity contribution in [1.29, 1.82) is 0 Å². The van der Waals surface area contributed by atoms with Crippen LogP contribution in [0.15, 0.2) is 72.8 Å². The van der Waals surface area contributed by atoms with Crippen LogP contribution in [0.5, 0.6) is 0 Å². The van der Waals surface area contributed by atoms with E-state index >= 15 is 0 Å². The Hall–Kier alpha value is -3.36. The molecule has 0 unspecified atom stereocenters. The van der Waals surface area contributed by atoms with Crippen molar-refractivity contribution < 1.29 is 0 Å². The van der Waals surface area contributed by atoms with Crippen LogP contribution in [0, 0.1) is 13.1 Å². The van der Waals surface area contributed by atoms with Gasteiger partial charge in [-0.3, -0.25) is 0 Å². The summed E-state index contributed by atoms with van der Waals surface area (Å²) in [5.74, 6) is 0. The molecule has 0 saturated carbocycles. The van der Waals surface area contributed by atoms with E-state index in [-0.39, 0.29) is 0 Å². The number of rotatable bonds is 4. The maximum absolute atomic E-state index is 5.38. The van der Waals surface area contributed by atoms with E-state index in [1.54, 1.807) is 0 Å². The third-order valence-corrected chi connectivity index (χ3v) is 4.03. The molecule has 0 aromatic heterocycles. The average Bonchev–Trinajstić information content (AvgIpc) is 2.64. The molecule has 0 aliphatic heterocycles. The Morgan fingerprint density at radius 1 is 0.583 bits per heavy atom. The lowest BCUT2D eigenvalue weighted by Crippen LogP contribution is -1.97. The van der Waals surface area contributed by atoms with Gasteiger partial charge in [-0.1, -0.05) is 48.5 Å². The molecule has 2 nitrogen and oxygen atoms in total. The highest BCUT2D eigenvalue weighted by Gasteiger charge is 2.08. The van der Waals surface area contributed by atoms with E-state index in [0.717, 1.165) is 24.2 Å². The maximum Gasteiger partial charge on any atom is 0.340 e. The first-order valence-corrected chi connectivity index (χ1v) is 7.85. The number of hydrogen-bond acceptors (Lipinski definition) is 0. The third kappa shape index (κ3) is 3.69. The second-order valence-corrected chi connectivity index (χ2v) is 5.72. The Balaban J connectivity index is 1.88. The predicted octanol–water partition coefficient (Wildman–Crippen LogP) is 6.06. The molecule has 0 fully saturated rings. The quantitative estimate of drug-likeness (QED) is 0.554. The van der Waals surface area contributed by atoms with Crippen LogP contribution in [0.1, 0.15) is 22.3 Å². The first-order valence-electron chi connectivity index (χ1n) is 7.85. The van der Waals surface area contributed by atoms with E-state index in [1.807, 2.05) is 36.4 Å². The predicted molar refractivity (Wildman–Crippen MR) is 101 cm³/mol. The van der Waals surface area contributed by atoms with Gasteiger partial charge in [0, 0.05) is 24.3 Å². The Morgan fingerprint density at radius 2 is 1.04 bits per heavy atom. The number of nitrogens with zero attached hydrogens (tertiary/aromatic N) is 2. The molecule has 0 N–H and O–H groups in total. The van der Waals surface area contributed by atoms with E-state index in [9.17, 15) is 0 Å². The molecule has 114 valence electrons. The fraction of sp³-hybridized carbons (Fsp3) is 0.0909. The highest BCUT2D eigenvalue weighted by atomic mass is 14.6. The Kier molecular flexibility index (Phi) is 4.70. The molecule has 0 heterocycles. The van der Waals surface area contributed by atoms with Gasteiger partial charge in [-0.15, -0.1) is 0 Å². The summed E-state index contributed by atoms with van der Waals surface area (Å²) in [5.41, 5.74) is 6.56. The van der Waals surface area contributed by atoms with Gasteiger partial charge in [0.25, 0.3) is 13.1 Å². The summed E-state index contributed by atoms with van der Waals surface area (Å²) >= 11 is 0. The lowest BCUT2D eigenvalue weighted by atomic mass is 9.95. The Morgan fingerprint density at radius 3 is 1.46 bits per heavy atom. The fourth-order valence-electron chi connectivity index (χ4n) is 2.84. The van der Waals surface area contributed by atoms with Gasteiger partial charge in [0.1, 0.15) is 0 Å². The van der Waals surface area contributed by atoms with Gasteiger partial charge in [0.05, 0.1) is 0 Å². The van der Waals surface area contributed by atoms with Gasteiger partial charge in [-0.2, -0.15) is 0 Å². The van der Waals surface area contributed by atoms with E-state index in [2.05, 4.69) is 46.1 Å². The van der Waals surface area contributed by atoms with Crippen molar-refractivity contribution in [2.45, 2.75) is 12.8 Å². The molecule has 0 radical (unpaired) electrons. The Labute approximate surface area is 142 Å². The van der Waals surface area contributed by atoms with Crippen molar-refractivity contribution >= 4 is 11.4 Å². The highest BCUT2D eigenvalue weighted by molar-refractivity contribution is 5.50. The smallest absolute Gasteiger partial charge is 0.0620 e. The van der Waals surface area contributed by atoms with Crippen LogP contribution in [-0.2, 0) is 12.8 Å². The number of hydrogen-bond donors (Lipinski definition) is 0.